The lowest BCUT2D eigenvalue weighted by Crippen LogP contribution is -2.34. The molecular formula is C18H24Cl3N3O. The zero-order valence-corrected chi connectivity index (χ0v) is 16.5. The van der Waals surface area contributed by atoms with E-state index in [1.807, 2.05) is 19.1 Å². The molecule has 1 aliphatic rings. The van der Waals surface area contributed by atoms with Crippen molar-refractivity contribution in [3.8, 4) is 5.88 Å². The summed E-state index contributed by atoms with van der Waals surface area (Å²) >= 11 is 6.08. The molecule has 25 heavy (non-hydrogen) atoms. The highest BCUT2D eigenvalue weighted by molar-refractivity contribution is 6.30. The van der Waals surface area contributed by atoms with Gasteiger partial charge in [0.25, 0.3) is 0 Å². The van der Waals surface area contributed by atoms with Crippen molar-refractivity contribution in [2.45, 2.75) is 32.0 Å². The van der Waals surface area contributed by atoms with E-state index in [2.05, 4.69) is 39.9 Å². The molecule has 138 valence electrons. The summed E-state index contributed by atoms with van der Waals surface area (Å²) in [6.45, 7) is 4.26. The maximum atomic E-state index is 6.08. The van der Waals surface area contributed by atoms with Gasteiger partial charge in [-0.2, -0.15) is 0 Å². The zero-order valence-electron chi connectivity index (χ0n) is 14.1. The second kappa shape index (κ2) is 10.8. The third-order valence-corrected chi connectivity index (χ3v) is 4.32. The zero-order chi connectivity index (χ0) is 16.1. The monoisotopic (exact) mass is 403 g/mol. The first-order chi connectivity index (χ1) is 11.3. The molecule has 1 aromatic heterocycles. The van der Waals surface area contributed by atoms with Gasteiger partial charge in [0.15, 0.2) is 0 Å². The van der Waals surface area contributed by atoms with E-state index in [1.54, 1.807) is 6.20 Å². The Hall–Kier alpha value is -1.04. The molecule has 2 atom stereocenters. The SMILES string of the molecule is CCOc1ncc(Cl)cc1CN[C@H]1CCN[C@H]1c1ccccc1.Cl.Cl. The van der Waals surface area contributed by atoms with Crippen LogP contribution in [0.3, 0.4) is 0 Å². The molecule has 3 rings (SSSR count). The van der Waals surface area contributed by atoms with Crippen LogP contribution < -0.4 is 15.4 Å². The summed E-state index contributed by atoms with van der Waals surface area (Å²) in [7, 11) is 0. The highest BCUT2D eigenvalue weighted by Gasteiger charge is 2.27. The number of benzene rings is 1. The van der Waals surface area contributed by atoms with Gasteiger partial charge >= 0.3 is 0 Å². The van der Waals surface area contributed by atoms with Crippen molar-refractivity contribution in [2.75, 3.05) is 13.2 Å². The largest absolute Gasteiger partial charge is 0.478 e. The molecule has 0 amide bonds. The van der Waals surface area contributed by atoms with Gasteiger partial charge in [-0.1, -0.05) is 41.9 Å². The molecule has 0 bridgehead atoms. The van der Waals surface area contributed by atoms with E-state index in [9.17, 15) is 0 Å². The van der Waals surface area contributed by atoms with Crippen molar-refractivity contribution in [3.63, 3.8) is 0 Å². The van der Waals surface area contributed by atoms with E-state index in [-0.39, 0.29) is 24.8 Å². The highest BCUT2D eigenvalue weighted by Crippen LogP contribution is 2.25. The third-order valence-electron chi connectivity index (χ3n) is 4.11. The van der Waals surface area contributed by atoms with Crippen LogP contribution in [0.2, 0.25) is 5.02 Å². The van der Waals surface area contributed by atoms with Crippen LogP contribution in [-0.4, -0.2) is 24.2 Å². The van der Waals surface area contributed by atoms with E-state index in [1.165, 1.54) is 5.56 Å². The molecule has 2 N–H and O–H groups in total. The van der Waals surface area contributed by atoms with Gasteiger partial charge in [-0.25, -0.2) is 4.98 Å². The number of aromatic nitrogens is 1. The maximum Gasteiger partial charge on any atom is 0.217 e. The van der Waals surface area contributed by atoms with E-state index in [0.29, 0.717) is 36.1 Å². The Bertz CT molecular complexity index is 643. The number of hydrogen-bond donors (Lipinski definition) is 2. The van der Waals surface area contributed by atoms with Crippen LogP contribution in [0.25, 0.3) is 0 Å². The van der Waals surface area contributed by atoms with Gasteiger partial charge < -0.3 is 15.4 Å². The average molecular weight is 405 g/mol. The highest BCUT2D eigenvalue weighted by atomic mass is 35.5. The molecule has 0 radical (unpaired) electrons. The number of hydrogen-bond acceptors (Lipinski definition) is 4. The molecule has 1 fully saturated rings. The number of ether oxygens (including phenoxy) is 1. The predicted molar refractivity (Wildman–Crippen MR) is 107 cm³/mol. The smallest absolute Gasteiger partial charge is 0.217 e. The molecule has 2 aromatic rings. The molecule has 1 aromatic carbocycles. The van der Waals surface area contributed by atoms with Gasteiger partial charge in [0, 0.05) is 30.4 Å². The van der Waals surface area contributed by atoms with Gasteiger partial charge in [0.1, 0.15) is 0 Å². The summed E-state index contributed by atoms with van der Waals surface area (Å²) in [5.41, 5.74) is 2.31. The van der Waals surface area contributed by atoms with Crippen molar-refractivity contribution in [2.24, 2.45) is 0 Å². The fourth-order valence-corrected chi connectivity index (χ4v) is 3.22. The fraction of sp³-hybridized carbons (Fsp3) is 0.389. The third kappa shape index (κ3) is 5.73. The van der Waals surface area contributed by atoms with Crippen molar-refractivity contribution in [1.82, 2.24) is 15.6 Å². The average Bonchev–Trinajstić information content (AvgIpc) is 3.04. The van der Waals surface area contributed by atoms with Crippen molar-refractivity contribution >= 4 is 36.4 Å². The summed E-state index contributed by atoms with van der Waals surface area (Å²) in [4.78, 5) is 4.28. The Kier molecular flexibility index (Phi) is 9.54. The van der Waals surface area contributed by atoms with Crippen LogP contribution in [0.5, 0.6) is 5.88 Å². The van der Waals surface area contributed by atoms with E-state index < -0.39 is 0 Å². The lowest BCUT2D eigenvalue weighted by molar-refractivity contribution is 0.320. The minimum absolute atomic E-state index is 0. The Morgan fingerprint density at radius 3 is 2.76 bits per heavy atom. The van der Waals surface area contributed by atoms with Gasteiger partial charge in [0.05, 0.1) is 11.6 Å². The van der Waals surface area contributed by atoms with Gasteiger partial charge in [-0.05, 0) is 31.5 Å². The Morgan fingerprint density at radius 2 is 2.04 bits per heavy atom. The van der Waals surface area contributed by atoms with E-state index >= 15 is 0 Å². The Labute approximate surface area is 166 Å². The topological polar surface area (TPSA) is 46.2 Å². The van der Waals surface area contributed by atoms with Gasteiger partial charge in [-0.3, -0.25) is 0 Å². The normalized spacial score (nSPS) is 19.0. The number of halogens is 3. The maximum absolute atomic E-state index is 6.08. The number of nitrogens with one attached hydrogen (secondary N) is 2. The Balaban J connectivity index is 0.00000156. The van der Waals surface area contributed by atoms with Crippen molar-refractivity contribution in [3.05, 3.63) is 58.7 Å². The van der Waals surface area contributed by atoms with Crippen LogP contribution >= 0.6 is 36.4 Å². The second-order valence-corrected chi connectivity index (χ2v) is 6.11. The summed E-state index contributed by atoms with van der Waals surface area (Å²) in [6.07, 6.45) is 2.72. The van der Waals surface area contributed by atoms with Crippen LogP contribution in [0.1, 0.15) is 30.5 Å². The molecule has 1 aliphatic heterocycles. The van der Waals surface area contributed by atoms with Crippen LogP contribution in [0, 0.1) is 0 Å². The van der Waals surface area contributed by atoms with Gasteiger partial charge in [0.2, 0.25) is 5.88 Å². The summed E-state index contributed by atoms with van der Waals surface area (Å²) in [5, 5.41) is 7.84. The summed E-state index contributed by atoms with van der Waals surface area (Å²) in [5.74, 6) is 0.659. The molecule has 2 heterocycles. The Morgan fingerprint density at radius 1 is 1.28 bits per heavy atom. The van der Waals surface area contributed by atoms with Crippen LogP contribution in [-0.2, 0) is 6.54 Å². The summed E-state index contributed by atoms with van der Waals surface area (Å²) in [6, 6.07) is 13.2. The quantitative estimate of drug-likeness (QED) is 0.758. The first kappa shape index (κ1) is 22.0. The molecule has 7 heteroatoms. The molecule has 0 saturated carbocycles. The van der Waals surface area contributed by atoms with Crippen molar-refractivity contribution in [1.29, 1.82) is 0 Å². The number of pyridine rings is 1. The predicted octanol–water partition coefficient (Wildman–Crippen LogP) is 4.17. The first-order valence-corrected chi connectivity index (χ1v) is 8.44. The van der Waals surface area contributed by atoms with Crippen molar-refractivity contribution < 1.29 is 4.74 Å². The lowest BCUT2D eigenvalue weighted by Gasteiger charge is -2.22. The molecule has 4 nitrogen and oxygen atoms in total. The van der Waals surface area contributed by atoms with Crippen LogP contribution in [0.15, 0.2) is 42.6 Å². The van der Waals surface area contributed by atoms with Crippen LogP contribution in [0.4, 0.5) is 0 Å². The molecule has 0 unspecified atom stereocenters. The molecular weight excluding hydrogens is 381 g/mol. The lowest BCUT2D eigenvalue weighted by atomic mass is 10.0. The molecule has 1 saturated heterocycles. The van der Waals surface area contributed by atoms with E-state index in [0.717, 1.165) is 18.5 Å². The first-order valence-electron chi connectivity index (χ1n) is 8.07. The standard InChI is InChI=1S/C18H22ClN3O.2ClH/c1-2-23-18-14(10-15(19)12-22-18)11-21-16-8-9-20-17(16)13-6-4-3-5-7-13;;/h3-7,10,12,16-17,20-21H,2,8-9,11H2,1H3;2*1H/t16-,17-;;/m0../s1. The molecule has 0 aliphatic carbocycles. The second-order valence-electron chi connectivity index (χ2n) is 5.67. The number of nitrogens with zero attached hydrogens (tertiary/aromatic N) is 1. The minimum atomic E-state index is 0. The fourth-order valence-electron chi connectivity index (χ4n) is 3.04. The summed E-state index contributed by atoms with van der Waals surface area (Å²) < 4.78 is 5.59. The minimum Gasteiger partial charge on any atom is -0.478 e. The van der Waals surface area contributed by atoms with E-state index in [4.69, 9.17) is 16.3 Å². The van der Waals surface area contributed by atoms with Gasteiger partial charge in [-0.15, -0.1) is 24.8 Å². The number of rotatable bonds is 6. The molecule has 0 spiro atoms.